The van der Waals surface area contributed by atoms with E-state index in [1.54, 1.807) is 0 Å². The number of hydrogen-bond donors (Lipinski definition) is 3. The summed E-state index contributed by atoms with van der Waals surface area (Å²) in [6.45, 7) is 32.2. The van der Waals surface area contributed by atoms with Crippen LogP contribution in [0.1, 0.15) is 142 Å². The third-order valence-corrected chi connectivity index (χ3v) is 22.4. The molecule has 2 aromatic carbocycles. The molecule has 9 fully saturated rings. The average molecular weight is 997 g/mol. The SMILES string of the molecule is CC(C)(C)OC(=O)N1C2CC3CNC2[C@@H](O[Si](c2ccccc2)(c2ccccc2)C(C)(C)C)C1C3.CC(C)(C)OC(=O)N1[C@H]2C[C@@H]3CN[C@](C)(C2)[C@H]1C3.C[C@@H]1[C@H]2NC[C@@H]3C[C@H]2N(C(=O)OC(C)(C)C)[C@H]1C3. The van der Waals surface area contributed by atoms with Gasteiger partial charge in [-0.3, -0.25) is 4.90 Å². The van der Waals surface area contributed by atoms with E-state index in [1.165, 1.54) is 10.4 Å². The van der Waals surface area contributed by atoms with Crippen molar-refractivity contribution in [1.29, 1.82) is 0 Å². The van der Waals surface area contributed by atoms with Crippen LogP contribution in [0.3, 0.4) is 0 Å². The number of benzene rings is 2. The van der Waals surface area contributed by atoms with Gasteiger partial charge in [-0.1, -0.05) is 88.4 Å². The zero-order chi connectivity index (χ0) is 51.2. The number of carbonyl (C=O) groups is 3. The summed E-state index contributed by atoms with van der Waals surface area (Å²) in [6.07, 6.45) is 7.11. The van der Waals surface area contributed by atoms with Crippen molar-refractivity contribution in [3.63, 3.8) is 0 Å². The summed E-state index contributed by atoms with van der Waals surface area (Å²) in [4.78, 5) is 44.3. The standard InChI is InChI=1S/C29H40N2O3Si.2C14H24N2O2/c1-28(2,3)33-27(32)31-23-17-20-18-24(31)26(25(23)30-19-20)34-35(29(4,5)6,21-13-9-7-10-14-21)22-15-11-8-12-16-22;1-13(2,3)18-12(17)16-10-5-9-6-11(16)14(4,7-10)15-8-9;1-8-10-5-9-6-11(12(8)15-7-9)16(10)13(17)18-14(2,3)4/h7-16,20,23-26,30H,17-19H2,1-6H3;9-11,15H,5-8H2,1-4H3;8-12,15H,5-7H2,1-4H3/t20?,23?,24?,25?,26-;9-,10-,11+,14+;8-,9-,10-,11+,12+/m000/s1. The first-order valence-corrected chi connectivity index (χ1v) is 29.1. The van der Waals surface area contributed by atoms with Gasteiger partial charge in [0.15, 0.2) is 0 Å². The highest BCUT2D eigenvalue weighted by atomic mass is 28.4. The van der Waals surface area contributed by atoms with Gasteiger partial charge in [-0.2, -0.15) is 0 Å². The minimum absolute atomic E-state index is 0.0234. The molecule has 0 radical (unpaired) electrons. The lowest BCUT2D eigenvalue weighted by molar-refractivity contribution is -0.00914. The number of carbonyl (C=O) groups excluding carboxylic acids is 3. The van der Waals surface area contributed by atoms with Crippen LogP contribution in [0.4, 0.5) is 14.4 Å². The third-order valence-electron chi connectivity index (χ3n) is 17.4. The number of nitrogens with one attached hydrogen (secondary N) is 3. The highest BCUT2D eigenvalue weighted by Gasteiger charge is 2.63. The van der Waals surface area contributed by atoms with E-state index < -0.39 is 25.1 Å². The number of amides is 3. The minimum Gasteiger partial charge on any atom is -0.444 e. The Kier molecular flexibility index (Phi) is 13.9. The Morgan fingerprint density at radius 1 is 0.563 bits per heavy atom. The van der Waals surface area contributed by atoms with E-state index in [-0.39, 0.29) is 53.1 Å². The van der Waals surface area contributed by atoms with Crippen molar-refractivity contribution in [2.24, 2.45) is 23.7 Å². The Labute approximate surface area is 426 Å². The second kappa shape index (κ2) is 18.9. The first-order chi connectivity index (χ1) is 33.2. The van der Waals surface area contributed by atoms with Crippen LogP contribution in [-0.2, 0) is 18.6 Å². The van der Waals surface area contributed by atoms with Gasteiger partial charge in [-0.15, -0.1) is 0 Å². The Morgan fingerprint density at radius 3 is 1.51 bits per heavy atom. The van der Waals surface area contributed by atoms with Crippen LogP contribution in [-0.4, -0.2) is 138 Å². The normalized spacial score (nSPS) is 35.4. The maximum absolute atomic E-state index is 13.4. The van der Waals surface area contributed by atoms with Crippen LogP contribution in [0, 0.1) is 23.7 Å². The molecule has 0 saturated carbocycles. The molecule has 0 aromatic heterocycles. The Morgan fingerprint density at radius 2 is 1.00 bits per heavy atom. The first kappa shape index (κ1) is 52.2. The molecule has 9 bridgehead atoms. The highest BCUT2D eigenvalue weighted by Crippen LogP contribution is 2.50. The molecule has 3 N–H and O–H groups in total. The lowest BCUT2D eigenvalue weighted by Gasteiger charge is -2.46. The van der Waals surface area contributed by atoms with Crippen LogP contribution in [0.25, 0.3) is 0 Å². The highest BCUT2D eigenvalue weighted by molar-refractivity contribution is 6.99. The second-order valence-corrected chi connectivity index (χ2v) is 31.3. The van der Waals surface area contributed by atoms with Gasteiger partial charge in [-0.25, -0.2) is 14.4 Å². The van der Waals surface area contributed by atoms with Gasteiger partial charge in [-0.05, 0) is 173 Å². The van der Waals surface area contributed by atoms with Crippen molar-refractivity contribution in [3.05, 3.63) is 60.7 Å². The molecule has 3 amide bonds. The van der Waals surface area contributed by atoms with Crippen molar-refractivity contribution in [1.82, 2.24) is 30.7 Å². The number of piperidine rings is 6. The van der Waals surface area contributed by atoms with E-state index in [4.69, 9.17) is 18.6 Å². The average Bonchev–Trinajstić information content (AvgIpc) is 3.46. The number of fused-ring (bicyclic) bond motifs is 6. The minimum atomic E-state index is -2.74. The van der Waals surface area contributed by atoms with Crippen molar-refractivity contribution in [2.45, 2.75) is 224 Å². The summed E-state index contributed by atoms with van der Waals surface area (Å²) in [5, 5.41) is 13.5. The molecule has 13 nitrogen and oxygen atoms in total. The van der Waals surface area contributed by atoms with Gasteiger partial charge < -0.3 is 44.4 Å². The molecule has 0 aliphatic carbocycles. The number of nitrogens with zero attached hydrogens (tertiary/aromatic N) is 3. The number of rotatable bonds is 4. The number of hydrogen-bond acceptors (Lipinski definition) is 10. The Balaban J connectivity index is 0.000000145. The first-order valence-electron chi connectivity index (χ1n) is 27.2. The fraction of sp³-hybridized carbons (Fsp3) is 0.737. The van der Waals surface area contributed by atoms with Gasteiger partial charge in [0.1, 0.15) is 16.8 Å². The monoisotopic (exact) mass is 997 g/mol. The van der Waals surface area contributed by atoms with Crippen LogP contribution >= 0.6 is 0 Å². The van der Waals surface area contributed by atoms with E-state index in [0.29, 0.717) is 42.0 Å². The molecular weight excluding hydrogens is 909 g/mol. The second-order valence-electron chi connectivity index (χ2n) is 27.1. The molecule has 11 rings (SSSR count). The largest absolute Gasteiger partial charge is 0.444 e. The topological polar surface area (TPSA) is 134 Å². The van der Waals surface area contributed by atoms with E-state index in [9.17, 15) is 14.4 Å². The summed E-state index contributed by atoms with van der Waals surface area (Å²) in [6, 6.07) is 23.8. The van der Waals surface area contributed by atoms with E-state index >= 15 is 0 Å². The van der Waals surface area contributed by atoms with Gasteiger partial charge in [0.2, 0.25) is 0 Å². The van der Waals surface area contributed by atoms with E-state index in [2.05, 4.69) is 111 Å². The van der Waals surface area contributed by atoms with Crippen LogP contribution in [0.5, 0.6) is 0 Å². The Bertz CT molecular complexity index is 2170. The predicted octanol–water partition coefficient (Wildman–Crippen LogP) is 8.43. The molecule has 9 saturated heterocycles. The summed E-state index contributed by atoms with van der Waals surface area (Å²) < 4.78 is 24.7. The number of ether oxygens (including phenoxy) is 3. The molecule has 71 heavy (non-hydrogen) atoms. The van der Waals surface area contributed by atoms with Crippen molar-refractivity contribution in [3.8, 4) is 0 Å². The summed E-state index contributed by atoms with van der Waals surface area (Å²) >= 11 is 0. The van der Waals surface area contributed by atoms with E-state index in [1.807, 2.05) is 77.0 Å². The summed E-state index contributed by atoms with van der Waals surface area (Å²) in [7, 11) is -2.74. The van der Waals surface area contributed by atoms with E-state index in [0.717, 1.165) is 76.4 Å². The molecule has 4 unspecified atom stereocenters. The maximum Gasteiger partial charge on any atom is 0.410 e. The van der Waals surface area contributed by atoms with Gasteiger partial charge in [0, 0.05) is 23.7 Å². The fourth-order valence-corrected chi connectivity index (χ4v) is 19.4. The van der Waals surface area contributed by atoms with Crippen LogP contribution in [0.2, 0.25) is 5.04 Å². The molecule has 9 aliphatic rings. The quantitative estimate of drug-likeness (QED) is 0.203. The van der Waals surface area contributed by atoms with Crippen LogP contribution in [0.15, 0.2) is 60.7 Å². The molecule has 9 aliphatic heterocycles. The van der Waals surface area contributed by atoms with Crippen LogP contribution < -0.4 is 26.3 Å². The fourth-order valence-electron chi connectivity index (χ4n) is 14.7. The lowest BCUT2D eigenvalue weighted by Crippen LogP contribution is -2.69. The molecular formula is C57H88N6O7Si. The smallest absolute Gasteiger partial charge is 0.410 e. The molecule has 9 heterocycles. The third kappa shape index (κ3) is 10.2. The molecule has 0 spiro atoms. The lowest BCUT2D eigenvalue weighted by atomic mass is 9.82. The Hall–Kier alpha value is -3.69. The summed E-state index contributed by atoms with van der Waals surface area (Å²) in [5.74, 6) is 2.62. The zero-order valence-electron chi connectivity index (χ0n) is 45.5. The van der Waals surface area contributed by atoms with Crippen molar-refractivity contribution < 1.29 is 33.0 Å². The van der Waals surface area contributed by atoms with Crippen molar-refractivity contribution in [2.75, 3.05) is 19.6 Å². The van der Waals surface area contributed by atoms with Gasteiger partial charge in [0.05, 0.1) is 36.3 Å². The zero-order valence-corrected chi connectivity index (χ0v) is 46.5. The van der Waals surface area contributed by atoms with Crippen molar-refractivity contribution >= 4 is 37.0 Å². The molecule has 14 heteroatoms. The van der Waals surface area contributed by atoms with Gasteiger partial charge >= 0.3 is 18.3 Å². The molecule has 2 aromatic rings. The maximum atomic E-state index is 13.4. The summed E-state index contributed by atoms with van der Waals surface area (Å²) in [5.41, 5.74) is -1.21. The van der Waals surface area contributed by atoms with Gasteiger partial charge in [0.25, 0.3) is 8.32 Å². The molecule has 14 atom stereocenters. The predicted molar refractivity (Wildman–Crippen MR) is 281 cm³/mol. The molecule has 392 valence electrons.